The van der Waals surface area contributed by atoms with Crippen molar-refractivity contribution in [1.82, 2.24) is 14.6 Å². The first kappa shape index (κ1) is 36.5. The molecule has 6 rings (SSSR count). The van der Waals surface area contributed by atoms with Gasteiger partial charge < -0.3 is 14.4 Å². The van der Waals surface area contributed by atoms with Crippen LogP contribution in [0.3, 0.4) is 0 Å². The lowest BCUT2D eigenvalue weighted by atomic mass is 9.91. The van der Waals surface area contributed by atoms with Crippen molar-refractivity contribution < 1.29 is 50.2 Å². The Hall–Kier alpha value is -4.27. The van der Waals surface area contributed by atoms with E-state index in [1.165, 1.54) is 12.3 Å². The molecule has 274 valence electrons. The number of carbonyl (C=O) groups excluding carboxylic acids is 4. The van der Waals surface area contributed by atoms with Gasteiger partial charge in [0.1, 0.15) is 6.10 Å². The summed E-state index contributed by atoms with van der Waals surface area (Å²) in [6.07, 6.45) is 0.822. The van der Waals surface area contributed by atoms with Crippen LogP contribution in [0.1, 0.15) is 69.8 Å². The van der Waals surface area contributed by atoms with Crippen LogP contribution in [-0.2, 0) is 33.9 Å². The number of alkyl halides is 3. The number of rotatable bonds is 8. The molecule has 2 amide bonds. The van der Waals surface area contributed by atoms with Crippen LogP contribution in [-0.4, -0.2) is 78.6 Å². The molecule has 5 atom stereocenters. The van der Waals surface area contributed by atoms with E-state index in [9.17, 15) is 40.8 Å². The minimum atomic E-state index is -4.82. The van der Waals surface area contributed by atoms with Crippen molar-refractivity contribution in [3.8, 4) is 5.88 Å². The van der Waals surface area contributed by atoms with E-state index < -0.39 is 93.7 Å². The van der Waals surface area contributed by atoms with Crippen LogP contribution in [0.4, 0.5) is 13.2 Å². The summed E-state index contributed by atoms with van der Waals surface area (Å²) >= 11 is 0. The monoisotopic (exact) mass is 731 g/mol. The standard InChI is InChI=1S/C36H40F3N3O8S/c1-2-25-19-35(25,34(46)41-51(47,48)27-10-11-27)20-30(43)29-17-26-21-42(29)33(45)24(18-36(37,38)39)16-31(44)49-14-6-4-3-5-7-22-8-9-23-12-13-40-32(50-26)28(23)15-22/h2,5,7-9,12-13,15,24-27,29H,1,3-4,6,10-11,14,16-21H2,(H,41,46)/b7-5+/t24-,25-,26+,29-,35+/m0/s1. The topological polar surface area (TPSA) is 149 Å². The highest BCUT2D eigenvalue weighted by Crippen LogP contribution is 2.57. The second-order valence-electron chi connectivity index (χ2n) is 13.9. The number of pyridine rings is 1. The number of allylic oxidation sites excluding steroid dienone is 2. The van der Waals surface area contributed by atoms with Gasteiger partial charge in [0.05, 0.1) is 48.6 Å². The molecule has 2 saturated carbocycles. The fourth-order valence-corrected chi connectivity index (χ4v) is 8.43. The summed E-state index contributed by atoms with van der Waals surface area (Å²) in [7, 11) is -3.94. The predicted octanol–water partition coefficient (Wildman–Crippen LogP) is 5.04. The molecule has 1 aromatic carbocycles. The summed E-state index contributed by atoms with van der Waals surface area (Å²) in [6, 6.07) is 6.16. The molecule has 2 aliphatic heterocycles. The number of cyclic esters (lactones) is 1. The number of hydrogen-bond donors (Lipinski definition) is 1. The van der Waals surface area contributed by atoms with E-state index in [1.807, 2.05) is 30.4 Å². The molecule has 51 heavy (non-hydrogen) atoms. The summed E-state index contributed by atoms with van der Waals surface area (Å²) in [6.45, 7) is 3.39. The Bertz CT molecular complexity index is 1860. The maximum atomic E-state index is 14.1. The van der Waals surface area contributed by atoms with Gasteiger partial charge in [0.15, 0.2) is 5.78 Å². The van der Waals surface area contributed by atoms with Crippen molar-refractivity contribution in [3.63, 3.8) is 0 Å². The zero-order valence-corrected chi connectivity index (χ0v) is 28.7. The van der Waals surface area contributed by atoms with E-state index in [-0.39, 0.29) is 31.9 Å². The number of nitrogens with zero attached hydrogens (tertiary/aromatic N) is 2. The summed E-state index contributed by atoms with van der Waals surface area (Å²) in [5.41, 5.74) is -0.583. The molecule has 3 heterocycles. The molecular weight excluding hydrogens is 691 g/mol. The number of ether oxygens (including phenoxy) is 2. The number of benzene rings is 1. The van der Waals surface area contributed by atoms with Crippen molar-refractivity contribution in [1.29, 1.82) is 0 Å². The van der Waals surface area contributed by atoms with Crippen molar-refractivity contribution in [2.75, 3.05) is 13.2 Å². The van der Waals surface area contributed by atoms with Crippen molar-refractivity contribution in [3.05, 3.63) is 54.8 Å². The molecule has 0 spiro atoms. The smallest absolute Gasteiger partial charge is 0.389 e. The predicted molar refractivity (Wildman–Crippen MR) is 179 cm³/mol. The second kappa shape index (κ2) is 14.4. The number of amides is 2. The SMILES string of the molecule is C=C[C@H]1C[C@]1(CC(=O)[C@@H]1C[C@@H]2CN1C(=O)[C@H](CC(F)(F)F)CC(=O)OCCCC/C=C/c1ccc3ccnc(c3c1)O2)C(=O)NS(=O)(=O)C1CC1. The van der Waals surface area contributed by atoms with Crippen LogP contribution < -0.4 is 9.46 Å². The fraction of sp³-hybridized carbons (Fsp3) is 0.528. The van der Waals surface area contributed by atoms with Crippen LogP contribution in [0, 0.1) is 17.3 Å². The Morgan fingerprint density at radius 1 is 1.16 bits per heavy atom. The fourth-order valence-electron chi connectivity index (χ4n) is 7.05. The van der Waals surface area contributed by atoms with Crippen LogP contribution in [0.5, 0.6) is 5.88 Å². The van der Waals surface area contributed by atoms with E-state index in [4.69, 9.17) is 9.47 Å². The van der Waals surface area contributed by atoms with Crippen LogP contribution in [0.15, 0.2) is 49.2 Å². The van der Waals surface area contributed by atoms with Crippen LogP contribution in [0.25, 0.3) is 16.8 Å². The van der Waals surface area contributed by atoms with Gasteiger partial charge in [0.25, 0.3) is 0 Å². The third kappa shape index (κ3) is 8.45. The lowest BCUT2D eigenvalue weighted by Gasteiger charge is -2.29. The number of carbonyl (C=O) groups is 4. The molecular formula is C36H40F3N3O8S. The molecule has 1 N–H and O–H groups in total. The first-order valence-corrected chi connectivity index (χ1v) is 18.7. The largest absolute Gasteiger partial charge is 0.472 e. The van der Waals surface area contributed by atoms with Gasteiger partial charge in [-0.1, -0.05) is 30.4 Å². The number of fused-ring (bicyclic) bond motifs is 3. The summed E-state index contributed by atoms with van der Waals surface area (Å²) < 4.78 is 80.3. The number of ketones is 1. The Morgan fingerprint density at radius 2 is 1.94 bits per heavy atom. The summed E-state index contributed by atoms with van der Waals surface area (Å²) in [4.78, 5) is 59.7. The van der Waals surface area contributed by atoms with Crippen molar-refractivity contribution >= 4 is 50.4 Å². The molecule has 4 bridgehead atoms. The zero-order valence-electron chi connectivity index (χ0n) is 27.9. The van der Waals surface area contributed by atoms with Gasteiger partial charge in [0.2, 0.25) is 27.7 Å². The maximum absolute atomic E-state index is 14.1. The minimum absolute atomic E-state index is 0.0313. The third-order valence-corrected chi connectivity index (χ3v) is 11.9. The van der Waals surface area contributed by atoms with E-state index >= 15 is 0 Å². The van der Waals surface area contributed by atoms with E-state index in [0.29, 0.717) is 37.5 Å². The number of halogens is 3. The van der Waals surface area contributed by atoms with Gasteiger partial charge in [-0.15, -0.1) is 6.58 Å². The molecule has 1 saturated heterocycles. The Labute approximate surface area is 293 Å². The molecule has 0 radical (unpaired) electrons. The Morgan fingerprint density at radius 3 is 2.65 bits per heavy atom. The highest BCUT2D eigenvalue weighted by Gasteiger charge is 2.61. The Kier molecular flexibility index (Phi) is 10.3. The first-order valence-electron chi connectivity index (χ1n) is 17.2. The van der Waals surface area contributed by atoms with Gasteiger partial charge >= 0.3 is 12.1 Å². The van der Waals surface area contributed by atoms with Gasteiger partial charge in [-0.3, -0.25) is 23.9 Å². The van der Waals surface area contributed by atoms with E-state index in [1.54, 1.807) is 6.07 Å². The second-order valence-corrected chi connectivity index (χ2v) is 15.9. The van der Waals surface area contributed by atoms with E-state index in [2.05, 4.69) is 16.3 Å². The normalized spacial score (nSPS) is 28.2. The Balaban J connectivity index is 1.33. The number of Topliss-reactive ketones (excluding diaryl/α,β-unsaturated/α-hetero) is 1. The third-order valence-electron chi connectivity index (χ3n) is 10.1. The summed E-state index contributed by atoms with van der Waals surface area (Å²) in [5, 5.41) is 0.769. The lowest BCUT2D eigenvalue weighted by molar-refractivity contribution is -0.166. The minimum Gasteiger partial charge on any atom is -0.472 e. The van der Waals surface area contributed by atoms with E-state index in [0.717, 1.165) is 15.8 Å². The van der Waals surface area contributed by atoms with Gasteiger partial charge in [-0.05, 0) is 67.5 Å². The number of esters is 1. The number of aromatic nitrogens is 1. The molecule has 15 heteroatoms. The van der Waals surface area contributed by atoms with Gasteiger partial charge in [-0.25, -0.2) is 13.4 Å². The van der Waals surface area contributed by atoms with Crippen LogP contribution in [0.2, 0.25) is 0 Å². The molecule has 1 aromatic heterocycles. The van der Waals surface area contributed by atoms with Crippen LogP contribution >= 0.6 is 0 Å². The van der Waals surface area contributed by atoms with Gasteiger partial charge in [-0.2, -0.15) is 13.2 Å². The quantitative estimate of drug-likeness (QED) is 0.291. The highest BCUT2D eigenvalue weighted by atomic mass is 32.2. The number of hydrogen-bond acceptors (Lipinski definition) is 9. The molecule has 3 fully saturated rings. The molecule has 2 aliphatic carbocycles. The molecule has 2 aromatic rings. The first-order chi connectivity index (χ1) is 24.2. The average Bonchev–Trinajstić information content (AvgIpc) is 3.99. The van der Waals surface area contributed by atoms with Crippen molar-refractivity contribution in [2.24, 2.45) is 17.3 Å². The molecule has 0 unspecified atom stereocenters. The lowest BCUT2D eigenvalue weighted by Crippen LogP contribution is -2.47. The van der Waals surface area contributed by atoms with Crippen molar-refractivity contribution in [2.45, 2.75) is 87.8 Å². The average molecular weight is 732 g/mol. The zero-order chi connectivity index (χ0) is 36.6. The van der Waals surface area contributed by atoms with Gasteiger partial charge in [0, 0.05) is 24.4 Å². The molecule has 4 aliphatic rings. The maximum Gasteiger partial charge on any atom is 0.389 e. The molecule has 11 nitrogen and oxygen atoms in total. The number of sulfonamides is 1. The number of nitrogens with one attached hydrogen (secondary N) is 1. The highest BCUT2D eigenvalue weighted by molar-refractivity contribution is 7.90. The summed E-state index contributed by atoms with van der Waals surface area (Å²) in [5.74, 6) is -5.74.